The Hall–Kier alpha value is -2.98. The number of nitriles is 1. The number of anilines is 1. The molecule has 1 saturated carbocycles. The van der Waals surface area contributed by atoms with E-state index in [9.17, 15) is 9.18 Å². The predicted molar refractivity (Wildman–Crippen MR) is 126 cm³/mol. The normalized spacial score (nSPS) is 21.3. The first-order chi connectivity index (χ1) is 15.9. The van der Waals surface area contributed by atoms with Crippen molar-refractivity contribution in [1.29, 1.82) is 5.26 Å². The molecule has 2 aliphatic rings. The second kappa shape index (κ2) is 10.8. The third kappa shape index (κ3) is 5.33. The zero-order chi connectivity index (χ0) is 24.0. The van der Waals surface area contributed by atoms with Crippen LogP contribution in [0.2, 0.25) is 0 Å². The molecule has 1 aliphatic carbocycles. The zero-order valence-corrected chi connectivity index (χ0v) is 19.9. The van der Waals surface area contributed by atoms with Crippen molar-refractivity contribution in [3.63, 3.8) is 0 Å². The number of carbonyl (C=O) groups excluding carboxylic acids is 1. The molecule has 6 nitrogen and oxygen atoms in total. The van der Waals surface area contributed by atoms with Crippen LogP contribution in [0, 0.1) is 17.1 Å². The van der Waals surface area contributed by atoms with Crippen LogP contribution in [0.1, 0.15) is 58.1 Å². The number of piperazine rings is 1. The average Bonchev–Trinajstić information content (AvgIpc) is 2.80. The lowest BCUT2D eigenvalue weighted by Gasteiger charge is -2.46. The van der Waals surface area contributed by atoms with E-state index in [4.69, 9.17) is 10.00 Å². The van der Waals surface area contributed by atoms with Crippen molar-refractivity contribution in [3.05, 3.63) is 59.5 Å². The fraction of sp³-hybridized carbons (Fsp3) is 0.500. The highest BCUT2D eigenvalue weighted by Crippen LogP contribution is 2.44. The number of carbonyl (C=O) groups is 1. The molecule has 0 bridgehead atoms. The summed E-state index contributed by atoms with van der Waals surface area (Å²) in [4.78, 5) is 21.4. The van der Waals surface area contributed by atoms with Gasteiger partial charge in [0.25, 0.3) is 0 Å². The van der Waals surface area contributed by atoms with Gasteiger partial charge in [-0.05, 0) is 62.9 Å². The van der Waals surface area contributed by atoms with Crippen LogP contribution >= 0.6 is 0 Å². The van der Waals surface area contributed by atoms with Gasteiger partial charge in [-0.25, -0.2) is 9.37 Å². The van der Waals surface area contributed by atoms with Gasteiger partial charge in [0, 0.05) is 31.4 Å². The Labute approximate surface area is 196 Å². The molecule has 1 saturated heterocycles. The first-order valence-corrected chi connectivity index (χ1v) is 11.7. The second-order valence-electron chi connectivity index (χ2n) is 8.56. The molecule has 0 N–H and O–H groups in total. The number of nitrogens with zero attached hydrogens (tertiary/aromatic N) is 4. The summed E-state index contributed by atoms with van der Waals surface area (Å²) < 4.78 is 19.4. The molecule has 33 heavy (non-hydrogen) atoms. The first kappa shape index (κ1) is 24.7. The Morgan fingerprint density at radius 1 is 1.15 bits per heavy atom. The summed E-state index contributed by atoms with van der Waals surface area (Å²) in [5.41, 5.74) is 0.988. The highest BCUT2D eigenvalue weighted by Gasteiger charge is 2.41. The van der Waals surface area contributed by atoms with Crippen molar-refractivity contribution in [2.75, 3.05) is 24.6 Å². The van der Waals surface area contributed by atoms with Crippen LogP contribution in [0.5, 0.6) is 0 Å². The Balaban J connectivity index is 0.00000149. The lowest BCUT2D eigenvalue weighted by molar-refractivity contribution is -0.154. The lowest BCUT2D eigenvalue weighted by Crippen LogP contribution is -2.59. The summed E-state index contributed by atoms with van der Waals surface area (Å²) in [6.07, 6.45) is 4.30. The van der Waals surface area contributed by atoms with Crippen LogP contribution in [0.25, 0.3) is 0 Å². The second-order valence-corrected chi connectivity index (χ2v) is 8.56. The number of aromatic nitrogens is 1. The van der Waals surface area contributed by atoms with E-state index < -0.39 is 5.60 Å². The van der Waals surface area contributed by atoms with Gasteiger partial charge >= 0.3 is 0 Å². The van der Waals surface area contributed by atoms with Gasteiger partial charge in [-0.3, -0.25) is 4.79 Å². The van der Waals surface area contributed by atoms with Gasteiger partial charge < -0.3 is 14.5 Å². The maximum atomic E-state index is 13.3. The molecule has 4 rings (SSSR count). The molecule has 0 radical (unpaired) electrons. The molecule has 176 valence electrons. The van der Waals surface area contributed by atoms with Crippen molar-refractivity contribution in [2.45, 2.75) is 64.6 Å². The summed E-state index contributed by atoms with van der Waals surface area (Å²) in [7, 11) is 0. The molecular weight excluding hydrogens is 419 g/mol. The number of ether oxygens (including phenoxy) is 1. The van der Waals surface area contributed by atoms with E-state index >= 15 is 0 Å². The molecule has 0 spiro atoms. The monoisotopic (exact) mass is 452 g/mol. The maximum absolute atomic E-state index is 13.3. The average molecular weight is 453 g/mol. The minimum Gasteiger partial charge on any atom is -0.360 e. The highest BCUT2D eigenvalue weighted by molar-refractivity contribution is 5.78. The zero-order valence-electron chi connectivity index (χ0n) is 19.9. The number of benzene rings is 1. The van der Waals surface area contributed by atoms with Gasteiger partial charge in [0.05, 0.1) is 11.2 Å². The number of halogens is 1. The summed E-state index contributed by atoms with van der Waals surface area (Å²) in [5.74, 6) is 0.513. The number of hydrogen-bond donors (Lipinski definition) is 0. The smallest absolute Gasteiger partial charge is 0.248 e. The van der Waals surface area contributed by atoms with E-state index in [2.05, 4.69) is 29.8 Å². The van der Waals surface area contributed by atoms with E-state index in [-0.39, 0.29) is 30.4 Å². The van der Waals surface area contributed by atoms with Crippen LogP contribution in [0.15, 0.2) is 42.6 Å². The fourth-order valence-electron chi connectivity index (χ4n) is 4.64. The van der Waals surface area contributed by atoms with Gasteiger partial charge in [0.2, 0.25) is 5.91 Å². The maximum Gasteiger partial charge on any atom is 0.248 e. The van der Waals surface area contributed by atoms with Crippen molar-refractivity contribution in [2.24, 2.45) is 0 Å². The molecule has 2 aromatic rings. The van der Waals surface area contributed by atoms with Crippen molar-refractivity contribution in [1.82, 2.24) is 9.88 Å². The van der Waals surface area contributed by atoms with E-state index in [1.54, 1.807) is 24.4 Å². The SMILES string of the molecule is CC.CC1CN(C(=O)COC2(c3ccc(F)cc3)CCC2)CC(C)N1c1ccc(C#N)cn1. The van der Waals surface area contributed by atoms with Crippen molar-refractivity contribution >= 4 is 11.7 Å². The van der Waals surface area contributed by atoms with E-state index in [0.717, 1.165) is 30.6 Å². The molecule has 2 atom stereocenters. The number of hydrogen-bond acceptors (Lipinski definition) is 5. The first-order valence-electron chi connectivity index (χ1n) is 11.7. The predicted octanol–water partition coefficient (Wildman–Crippen LogP) is 4.64. The molecule has 2 heterocycles. The molecule has 1 aromatic heterocycles. The van der Waals surface area contributed by atoms with Crippen molar-refractivity contribution < 1.29 is 13.9 Å². The molecule has 1 aromatic carbocycles. The largest absolute Gasteiger partial charge is 0.360 e. The van der Waals surface area contributed by atoms with E-state index in [0.29, 0.717) is 18.7 Å². The number of pyridine rings is 1. The summed E-state index contributed by atoms with van der Waals surface area (Å²) >= 11 is 0. The quantitative estimate of drug-likeness (QED) is 0.661. The Kier molecular flexibility index (Phi) is 8.04. The standard InChI is InChI=1S/C24H27FN4O2.C2H6/c1-17-14-28(15-18(2)29(17)22-9-4-19(12-26)13-27-22)23(30)16-31-24(10-3-11-24)20-5-7-21(25)8-6-20;1-2/h4-9,13,17-18H,3,10-11,14-16H2,1-2H3;1-2H3. The van der Waals surface area contributed by atoms with Crippen LogP contribution in [-0.4, -0.2) is 47.6 Å². The topological polar surface area (TPSA) is 69.5 Å². The van der Waals surface area contributed by atoms with Gasteiger partial charge in [-0.15, -0.1) is 0 Å². The van der Waals surface area contributed by atoms with E-state index in [1.165, 1.54) is 12.1 Å². The highest BCUT2D eigenvalue weighted by atomic mass is 19.1. The van der Waals surface area contributed by atoms with Gasteiger partial charge in [-0.2, -0.15) is 5.26 Å². The number of rotatable bonds is 5. The Morgan fingerprint density at radius 3 is 2.27 bits per heavy atom. The van der Waals surface area contributed by atoms with E-state index in [1.807, 2.05) is 24.8 Å². The summed E-state index contributed by atoms with van der Waals surface area (Å²) in [5, 5.41) is 8.98. The molecule has 2 unspecified atom stereocenters. The molecular formula is C26H33FN4O2. The molecule has 1 aliphatic heterocycles. The third-order valence-electron chi connectivity index (χ3n) is 6.42. The van der Waals surface area contributed by atoms with Gasteiger partial charge in [0.1, 0.15) is 24.3 Å². The number of amides is 1. The fourth-order valence-corrected chi connectivity index (χ4v) is 4.64. The van der Waals surface area contributed by atoms with Crippen LogP contribution in [0.3, 0.4) is 0 Å². The molecule has 1 amide bonds. The lowest BCUT2D eigenvalue weighted by atomic mass is 9.75. The minimum atomic E-state index is -0.477. The Morgan fingerprint density at radius 2 is 1.79 bits per heavy atom. The van der Waals surface area contributed by atoms with Crippen LogP contribution in [-0.2, 0) is 15.1 Å². The van der Waals surface area contributed by atoms with Crippen LogP contribution < -0.4 is 4.90 Å². The van der Waals surface area contributed by atoms with Gasteiger partial charge in [-0.1, -0.05) is 26.0 Å². The van der Waals surface area contributed by atoms with Crippen molar-refractivity contribution in [3.8, 4) is 6.07 Å². The van der Waals surface area contributed by atoms with Gasteiger partial charge in [0.15, 0.2) is 0 Å². The molecule has 7 heteroatoms. The molecule has 2 fully saturated rings. The Bertz CT molecular complexity index is 955. The third-order valence-corrected chi connectivity index (χ3v) is 6.42. The van der Waals surface area contributed by atoms with Crippen LogP contribution in [0.4, 0.5) is 10.2 Å². The minimum absolute atomic E-state index is 0.0198. The summed E-state index contributed by atoms with van der Waals surface area (Å²) in [6.45, 7) is 9.33. The summed E-state index contributed by atoms with van der Waals surface area (Å²) in [6, 6.07) is 12.3.